The maximum absolute atomic E-state index is 15.8. The van der Waals surface area contributed by atoms with Gasteiger partial charge in [0.15, 0.2) is 0 Å². The van der Waals surface area contributed by atoms with E-state index in [2.05, 4.69) is 0 Å². The van der Waals surface area contributed by atoms with Gasteiger partial charge in [-0.05, 0) is 0 Å². The Morgan fingerprint density at radius 2 is 0.615 bits per heavy atom. The molecule has 0 aliphatic carbocycles. The predicted molar refractivity (Wildman–Crippen MR) is 307 cm³/mol. The summed E-state index contributed by atoms with van der Waals surface area (Å²) in [5, 5.41) is 1.87. The number of alkyl halides is 6. The van der Waals surface area contributed by atoms with Crippen molar-refractivity contribution >= 4 is 111 Å². The van der Waals surface area contributed by atoms with Crippen molar-refractivity contribution in [1.29, 1.82) is 0 Å². The fraction of sp³-hybridized carbons (Fsp3) is 0.0667. The summed E-state index contributed by atoms with van der Waals surface area (Å²) in [7, 11) is -2.50. The Labute approximate surface area is 466 Å². The van der Waals surface area contributed by atoms with E-state index in [1.54, 1.807) is 194 Å². The molecule has 0 fully saturated rings. The number of hydrogen-bond acceptors (Lipinski definition) is 5. The van der Waals surface area contributed by atoms with Crippen LogP contribution in [0.3, 0.4) is 0 Å². The maximum atomic E-state index is 15.8. The van der Waals surface area contributed by atoms with Crippen LogP contribution in [-0.4, -0.2) is 31.2 Å². The Morgan fingerprint density at radius 3 is 0.846 bits per heavy atom. The van der Waals surface area contributed by atoms with E-state index >= 15 is 35.9 Å². The third kappa shape index (κ3) is 10.4. The molecule has 78 heavy (non-hydrogen) atoms. The van der Waals surface area contributed by atoms with Gasteiger partial charge in [0.2, 0.25) is 0 Å². The molecule has 396 valence electrons. The summed E-state index contributed by atoms with van der Waals surface area (Å²) in [6.07, 6.45) is -12.0. The minimum atomic E-state index is -5.47. The molecule has 0 radical (unpaired) electrons. The van der Waals surface area contributed by atoms with Crippen molar-refractivity contribution in [1.82, 2.24) is 0 Å². The van der Waals surface area contributed by atoms with Crippen molar-refractivity contribution < 1.29 is 49.5 Å². The minimum absolute atomic E-state index is 0.0232. The second-order valence-electron chi connectivity index (χ2n) is 18.2. The fourth-order valence-electron chi connectivity index (χ4n) is 10.1. The molecule has 0 atom stereocenters. The first-order valence-electron chi connectivity index (χ1n) is 23.9. The molecular weight excluding hydrogens is 1130 g/mol. The van der Waals surface area contributed by atoms with Crippen LogP contribution in [0.25, 0.3) is 0 Å². The SMILES string of the molecule is O=C(CP(OB(Oc1cc(C(F)(F)F)cc(C(F)(F)F)c1)OP(CC(=O)c1c(Cl)cccc1Cl)(c1ccccc1)(c1ccccc1)c1ccccc1)(c1ccccc1)(c1ccccc1)c1ccccc1)c1c(Cl)cccc1Cl. The Balaban J connectivity index is 1.49. The summed E-state index contributed by atoms with van der Waals surface area (Å²) in [5.74, 6) is -2.35. The molecule has 0 aromatic heterocycles. The van der Waals surface area contributed by atoms with Crippen molar-refractivity contribution in [2.45, 2.75) is 12.4 Å². The quantitative estimate of drug-likeness (QED) is 0.0371. The third-order valence-corrected chi connectivity index (χ3v) is 26.3. The van der Waals surface area contributed by atoms with E-state index in [-0.39, 0.29) is 37.3 Å². The van der Waals surface area contributed by atoms with Gasteiger partial charge in [-0.25, -0.2) is 0 Å². The number of hydrogen-bond donors (Lipinski definition) is 0. The van der Waals surface area contributed by atoms with Gasteiger partial charge in [0.25, 0.3) is 0 Å². The van der Waals surface area contributed by atoms with Crippen molar-refractivity contribution in [3.05, 3.63) is 279 Å². The van der Waals surface area contributed by atoms with Crippen molar-refractivity contribution in [2.75, 3.05) is 12.3 Å². The van der Waals surface area contributed by atoms with E-state index in [4.69, 9.17) is 59.9 Å². The first-order valence-corrected chi connectivity index (χ1v) is 30.1. The monoisotopic (exact) mass is 1170 g/mol. The number of rotatable bonds is 18. The van der Waals surface area contributed by atoms with Gasteiger partial charge in [-0.2, -0.15) is 0 Å². The average molecular weight is 1170 g/mol. The Hall–Kier alpha value is -6.30. The van der Waals surface area contributed by atoms with Gasteiger partial charge < -0.3 is 0 Å². The van der Waals surface area contributed by atoms with Gasteiger partial charge in [0.05, 0.1) is 0 Å². The second kappa shape index (κ2) is 22.4. The summed E-state index contributed by atoms with van der Waals surface area (Å²) in [6, 6.07) is 61.0. The molecule has 9 aromatic rings. The molecule has 0 heterocycles. The first-order chi connectivity index (χ1) is 37.3. The van der Waals surface area contributed by atoms with Crippen LogP contribution in [0.4, 0.5) is 26.3 Å². The Bertz CT molecular complexity index is 3140. The molecule has 0 amide bonds. The molecule has 0 saturated heterocycles. The van der Waals surface area contributed by atoms with Crippen LogP contribution < -0.4 is 36.5 Å². The number of halogens is 10. The number of carbonyl (C=O) groups excluding carboxylic acids is 2. The van der Waals surface area contributed by atoms with Gasteiger partial charge in [0.1, 0.15) is 0 Å². The molecule has 0 aliphatic heterocycles. The van der Waals surface area contributed by atoms with Gasteiger partial charge >= 0.3 is 470 Å². The van der Waals surface area contributed by atoms with Crippen LogP contribution in [-0.2, 0) is 21.2 Å². The van der Waals surface area contributed by atoms with Crippen LogP contribution in [0.15, 0.2) is 237 Å². The molecule has 0 bridgehead atoms. The normalized spacial score (nSPS) is 13.1. The number of ketones is 2. The standard InChI is InChI=1S/C60H43BCl4F6O5P2/c62-51-33-19-34-52(63)57(51)55(72)40-77(45-21-7-1-8-22-45,46-23-9-2-10-24-46,47-25-11-3-12-26-47)75-61(74-44-38-42(59(66,67)68)37-43(39-44)60(69,70)71)76-78(48-27-13-4-14-28-48,49-29-15-5-16-30-49,50-31-17-6-18-32-50)41-56(73)58-53(64)35-20-36-54(58)65/h1-39H,40-41H2. The molecule has 9 aromatic carbocycles. The van der Waals surface area contributed by atoms with Crippen molar-refractivity contribution in [3.63, 3.8) is 0 Å². The second-order valence-corrected chi connectivity index (χ2v) is 28.8. The molecule has 18 heteroatoms. The van der Waals surface area contributed by atoms with Gasteiger partial charge in [-0.15, -0.1) is 0 Å². The number of benzene rings is 9. The summed E-state index contributed by atoms with van der Waals surface area (Å²) in [4.78, 5) is 31.7. The van der Waals surface area contributed by atoms with Crippen LogP contribution >= 0.6 is 60.1 Å². The van der Waals surface area contributed by atoms with E-state index in [0.29, 0.717) is 44.0 Å². The molecular formula is C60H43BCl4F6O5P2. The summed E-state index contributed by atoms with van der Waals surface area (Å²) in [5.41, 5.74) is -3.63. The number of Topliss-reactive ketones (excluding diaryl/α,β-unsaturated/α-hetero) is 2. The Morgan fingerprint density at radius 1 is 0.372 bits per heavy atom. The average Bonchev–Trinajstić information content (AvgIpc) is 3.05. The molecule has 0 saturated carbocycles. The van der Waals surface area contributed by atoms with E-state index in [0.717, 1.165) is 0 Å². The zero-order chi connectivity index (χ0) is 55.4. The molecule has 0 unspecified atom stereocenters. The Kier molecular flexibility index (Phi) is 16.2. The van der Waals surface area contributed by atoms with Crippen LogP contribution in [0.2, 0.25) is 20.1 Å². The molecule has 0 aliphatic rings. The van der Waals surface area contributed by atoms with E-state index in [1.807, 2.05) is 0 Å². The zero-order valence-electron chi connectivity index (χ0n) is 40.7. The van der Waals surface area contributed by atoms with E-state index in [9.17, 15) is 0 Å². The predicted octanol–water partition coefficient (Wildman–Crippen LogP) is 15.4. The fourth-order valence-corrected chi connectivity index (χ4v) is 22.3. The van der Waals surface area contributed by atoms with Gasteiger partial charge in [-0.1, -0.05) is 0 Å². The van der Waals surface area contributed by atoms with Crippen molar-refractivity contribution in [3.8, 4) is 5.75 Å². The summed E-state index contributed by atoms with van der Waals surface area (Å²) in [6.45, 7) is -10.9. The van der Waals surface area contributed by atoms with Gasteiger partial charge in [0, 0.05) is 0 Å². The first kappa shape index (κ1) is 56.4. The topological polar surface area (TPSA) is 61.8 Å². The van der Waals surface area contributed by atoms with Gasteiger partial charge in [-0.3, -0.25) is 0 Å². The van der Waals surface area contributed by atoms with Crippen LogP contribution in [0, 0.1) is 0 Å². The van der Waals surface area contributed by atoms with E-state index < -0.39 is 74.1 Å². The van der Waals surface area contributed by atoms with Crippen LogP contribution in [0.5, 0.6) is 5.75 Å². The summed E-state index contributed by atoms with van der Waals surface area (Å²) >= 11 is 27.5. The third-order valence-electron chi connectivity index (χ3n) is 13.6. The molecule has 9 rings (SSSR count). The van der Waals surface area contributed by atoms with Crippen LogP contribution in [0.1, 0.15) is 31.8 Å². The molecule has 0 spiro atoms. The molecule has 0 N–H and O–H groups in total. The van der Waals surface area contributed by atoms with E-state index in [1.165, 1.54) is 24.3 Å². The zero-order valence-corrected chi connectivity index (χ0v) is 45.5. The molecule has 5 nitrogen and oxygen atoms in total. The number of carbonyl (C=O) groups is 2. The van der Waals surface area contributed by atoms with Crippen molar-refractivity contribution in [2.24, 2.45) is 0 Å². The summed E-state index contributed by atoms with van der Waals surface area (Å²) < 4.78 is 113.